The van der Waals surface area contributed by atoms with E-state index in [1.165, 1.54) is 18.4 Å². The quantitative estimate of drug-likeness (QED) is 0.777. The van der Waals surface area contributed by atoms with Gasteiger partial charge in [0, 0.05) is 25.8 Å². The van der Waals surface area contributed by atoms with Crippen molar-refractivity contribution in [2.45, 2.75) is 32.6 Å². The lowest BCUT2D eigenvalue weighted by atomic mass is 9.91. The molecule has 4 nitrogen and oxygen atoms in total. The summed E-state index contributed by atoms with van der Waals surface area (Å²) in [5, 5.41) is 5.55. The van der Waals surface area contributed by atoms with Gasteiger partial charge in [-0.25, -0.2) is 9.18 Å². The highest BCUT2D eigenvalue weighted by Crippen LogP contribution is 2.23. The molecule has 150 valence electrons. The minimum absolute atomic E-state index is 0.173. The molecule has 28 heavy (non-hydrogen) atoms. The molecule has 2 amide bonds. The number of hydrogen-bond acceptors (Lipinski definition) is 2. The van der Waals surface area contributed by atoms with Crippen LogP contribution < -0.4 is 10.6 Å². The van der Waals surface area contributed by atoms with E-state index >= 15 is 0 Å². The van der Waals surface area contributed by atoms with Crippen LogP contribution in [0.4, 0.5) is 14.9 Å². The van der Waals surface area contributed by atoms with Crippen LogP contribution in [0.2, 0.25) is 0 Å². The standard InChI is InChI=1S/C23H30FN3O/c1-17-5-8-20(22(14-17)26-23(28)25-2)11-13-27-12-3-4-19(16-27)15-18-6-9-21(24)10-7-18/h5-10,14,19H,3-4,11-13,15-16H2,1-2H3,(H2,25,26,28). The minimum Gasteiger partial charge on any atom is -0.341 e. The third kappa shape index (κ3) is 5.80. The second-order valence-electron chi connectivity index (χ2n) is 7.75. The number of aryl methyl sites for hydroxylation is 1. The Balaban J connectivity index is 1.57. The van der Waals surface area contributed by atoms with Crippen molar-refractivity contribution in [1.29, 1.82) is 0 Å². The van der Waals surface area contributed by atoms with Crippen molar-refractivity contribution >= 4 is 11.7 Å². The number of amides is 2. The summed E-state index contributed by atoms with van der Waals surface area (Å²) in [5.41, 5.74) is 4.39. The van der Waals surface area contributed by atoms with E-state index in [2.05, 4.69) is 27.7 Å². The fourth-order valence-corrected chi connectivity index (χ4v) is 3.96. The van der Waals surface area contributed by atoms with E-state index in [1.807, 2.05) is 25.1 Å². The van der Waals surface area contributed by atoms with Crippen molar-refractivity contribution in [2.75, 3.05) is 32.0 Å². The Hall–Kier alpha value is -2.40. The average molecular weight is 384 g/mol. The van der Waals surface area contributed by atoms with Crippen molar-refractivity contribution in [3.05, 3.63) is 65.0 Å². The van der Waals surface area contributed by atoms with Crippen molar-refractivity contribution < 1.29 is 9.18 Å². The molecule has 1 aliphatic rings. The second kappa shape index (κ2) is 9.69. The fraction of sp³-hybridized carbons (Fsp3) is 0.435. The SMILES string of the molecule is CNC(=O)Nc1cc(C)ccc1CCN1CCCC(Cc2ccc(F)cc2)C1. The number of carbonyl (C=O) groups excluding carboxylic acids is 1. The molecule has 0 aromatic heterocycles. The van der Waals surface area contributed by atoms with Crippen molar-refractivity contribution in [3.8, 4) is 0 Å². The largest absolute Gasteiger partial charge is 0.341 e. The predicted molar refractivity (Wildman–Crippen MR) is 112 cm³/mol. The van der Waals surface area contributed by atoms with Gasteiger partial charge in [0.25, 0.3) is 0 Å². The zero-order valence-electron chi connectivity index (χ0n) is 16.8. The molecule has 1 heterocycles. The molecule has 5 heteroatoms. The van der Waals surface area contributed by atoms with Gasteiger partial charge in [0.15, 0.2) is 0 Å². The number of rotatable bonds is 6. The maximum atomic E-state index is 13.1. The number of nitrogens with zero attached hydrogens (tertiary/aromatic N) is 1. The van der Waals surface area contributed by atoms with Gasteiger partial charge in [-0.1, -0.05) is 24.3 Å². The first-order valence-electron chi connectivity index (χ1n) is 10.1. The van der Waals surface area contributed by atoms with Crippen LogP contribution in [0.15, 0.2) is 42.5 Å². The monoisotopic (exact) mass is 383 g/mol. The lowest BCUT2D eigenvalue weighted by Gasteiger charge is -2.33. The molecule has 1 aliphatic heterocycles. The molecule has 1 fully saturated rings. The molecule has 1 saturated heterocycles. The van der Waals surface area contributed by atoms with E-state index in [-0.39, 0.29) is 11.8 Å². The molecular formula is C23H30FN3O. The molecule has 0 spiro atoms. The number of nitrogens with one attached hydrogen (secondary N) is 2. The summed E-state index contributed by atoms with van der Waals surface area (Å²) in [6, 6.07) is 12.9. The number of piperidine rings is 1. The van der Waals surface area contributed by atoms with E-state index in [0.717, 1.165) is 49.3 Å². The minimum atomic E-state index is -0.191. The highest BCUT2D eigenvalue weighted by Gasteiger charge is 2.20. The van der Waals surface area contributed by atoms with Crippen LogP contribution in [-0.2, 0) is 12.8 Å². The van der Waals surface area contributed by atoms with Crippen molar-refractivity contribution in [3.63, 3.8) is 0 Å². The Bertz CT molecular complexity index is 791. The van der Waals surface area contributed by atoms with Crippen LogP contribution in [0.1, 0.15) is 29.5 Å². The van der Waals surface area contributed by atoms with Gasteiger partial charge in [0.05, 0.1) is 0 Å². The van der Waals surface area contributed by atoms with Crippen molar-refractivity contribution in [1.82, 2.24) is 10.2 Å². The third-order valence-electron chi connectivity index (χ3n) is 5.48. The number of hydrogen-bond donors (Lipinski definition) is 2. The van der Waals surface area contributed by atoms with E-state index < -0.39 is 0 Å². The first-order chi connectivity index (χ1) is 13.5. The summed E-state index contributed by atoms with van der Waals surface area (Å²) in [6.45, 7) is 5.19. The lowest BCUT2D eigenvalue weighted by Crippen LogP contribution is -2.37. The summed E-state index contributed by atoms with van der Waals surface area (Å²) in [5.74, 6) is 0.439. The van der Waals surface area contributed by atoms with Crippen LogP contribution in [0.3, 0.4) is 0 Å². The fourth-order valence-electron chi connectivity index (χ4n) is 3.96. The van der Waals surface area contributed by atoms with Gasteiger partial charge >= 0.3 is 6.03 Å². The molecule has 2 aromatic rings. The number of carbonyl (C=O) groups is 1. The summed E-state index contributed by atoms with van der Waals surface area (Å²) in [6.07, 6.45) is 4.33. The van der Waals surface area contributed by atoms with Gasteiger partial charge in [-0.05, 0) is 80.0 Å². The first kappa shape index (κ1) is 20.3. The van der Waals surface area contributed by atoms with E-state index in [4.69, 9.17) is 0 Å². The van der Waals surface area contributed by atoms with Crippen LogP contribution in [0.5, 0.6) is 0 Å². The number of likely N-dealkylation sites (tertiary alicyclic amines) is 1. The summed E-state index contributed by atoms with van der Waals surface area (Å²) < 4.78 is 13.1. The lowest BCUT2D eigenvalue weighted by molar-refractivity contribution is 0.176. The van der Waals surface area contributed by atoms with E-state index in [9.17, 15) is 9.18 Å². The molecule has 3 rings (SSSR count). The van der Waals surface area contributed by atoms with Crippen LogP contribution in [-0.4, -0.2) is 37.6 Å². The molecule has 2 aromatic carbocycles. The van der Waals surface area contributed by atoms with Gasteiger partial charge in [-0.3, -0.25) is 0 Å². The molecule has 2 N–H and O–H groups in total. The summed E-state index contributed by atoms with van der Waals surface area (Å²) in [4.78, 5) is 14.2. The normalized spacial score (nSPS) is 17.3. The maximum absolute atomic E-state index is 13.1. The molecule has 0 bridgehead atoms. The number of anilines is 1. The predicted octanol–water partition coefficient (Wildman–Crippen LogP) is 4.38. The molecule has 0 aliphatic carbocycles. The molecule has 1 atom stereocenters. The molecular weight excluding hydrogens is 353 g/mol. The van der Waals surface area contributed by atoms with Gasteiger partial charge < -0.3 is 15.5 Å². The van der Waals surface area contributed by atoms with Crippen molar-refractivity contribution in [2.24, 2.45) is 5.92 Å². The zero-order chi connectivity index (χ0) is 19.9. The Morgan fingerprint density at radius 2 is 2.00 bits per heavy atom. The number of urea groups is 1. The topological polar surface area (TPSA) is 44.4 Å². The Morgan fingerprint density at radius 3 is 2.75 bits per heavy atom. The smallest absolute Gasteiger partial charge is 0.318 e. The highest BCUT2D eigenvalue weighted by molar-refractivity contribution is 5.90. The van der Waals surface area contributed by atoms with Gasteiger partial charge in [0.1, 0.15) is 5.82 Å². The number of benzene rings is 2. The maximum Gasteiger partial charge on any atom is 0.318 e. The van der Waals surface area contributed by atoms with Gasteiger partial charge in [0.2, 0.25) is 0 Å². The Kier molecular flexibility index (Phi) is 7.04. The Morgan fingerprint density at radius 1 is 1.21 bits per heavy atom. The summed E-state index contributed by atoms with van der Waals surface area (Å²) >= 11 is 0. The van der Waals surface area contributed by atoms with Gasteiger partial charge in [-0.15, -0.1) is 0 Å². The average Bonchev–Trinajstić information content (AvgIpc) is 2.69. The van der Waals surface area contributed by atoms with Crippen LogP contribution in [0.25, 0.3) is 0 Å². The molecule has 0 saturated carbocycles. The Labute approximate surface area is 167 Å². The molecule has 1 unspecified atom stereocenters. The first-order valence-corrected chi connectivity index (χ1v) is 10.1. The van der Waals surface area contributed by atoms with Crippen LogP contribution >= 0.6 is 0 Å². The third-order valence-corrected chi connectivity index (χ3v) is 5.48. The summed E-state index contributed by atoms with van der Waals surface area (Å²) in [7, 11) is 1.62. The van der Waals surface area contributed by atoms with Gasteiger partial charge in [-0.2, -0.15) is 0 Å². The number of halogens is 1. The zero-order valence-corrected chi connectivity index (χ0v) is 16.8. The van der Waals surface area contributed by atoms with Crippen LogP contribution in [0, 0.1) is 18.7 Å². The highest BCUT2D eigenvalue weighted by atomic mass is 19.1. The van der Waals surface area contributed by atoms with E-state index in [0.29, 0.717) is 5.92 Å². The van der Waals surface area contributed by atoms with E-state index in [1.54, 1.807) is 19.2 Å². The second-order valence-corrected chi connectivity index (χ2v) is 7.75. The molecule has 0 radical (unpaired) electrons.